The average Bonchev–Trinajstić information content (AvgIpc) is 3.12. The molecule has 0 saturated carbocycles. The van der Waals surface area contributed by atoms with Crippen molar-refractivity contribution in [2.45, 2.75) is 26.3 Å². The van der Waals surface area contributed by atoms with E-state index in [9.17, 15) is 17.1 Å². The van der Waals surface area contributed by atoms with E-state index < -0.39 is 16.6 Å². The fourth-order valence-electron chi connectivity index (χ4n) is 4.35. The fraction of sp³-hybridized carbons (Fsp3) is 0.192. The van der Waals surface area contributed by atoms with Gasteiger partial charge in [-0.15, -0.1) is 6.42 Å². The van der Waals surface area contributed by atoms with Crippen molar-refractivity contribution >= 4 is 16.6 Å². The molecule has 1 aliphatic rings. The maximum absolute atomic E-state index is 13.1. The van der Waals surface area contributed by atoms with Crippen molar-refractivity contribution in [2.24, 2.45) is 0 Å². The molecule has 8 heteroatoms. The zero-order chi connectivity index (χ0) is 24.5. The van der Waals surface area contributed by atoms with Crippen LogP contribution in [0.5, 0.6) is 5.75 Å². The number of carbonyl (C=O) groups excluding carboxylic acids is 1. The molecule has 1 N–H and O–H groups in total. The predicted octanol–water partition coefficient (Wildman–Crippen LogP) is 4.92. The van der Waals surface area contributed by atoms with E-state index in [1.54, 1.807) is 6.92 Å². The average molecular weight is 480 g/mol. The minimum Gasteiger partial charge on any atom is -0.449 e. The molecule has 0 aromatic heterocycles. The van der Waals surface area contributed by atoms with Gasteiger partial charge in [-0.2, -0.15) is 8.42 Å². The van der Waals surface area contributed by atoms with Gasteiger partial charge in [-0.3, -0.25) is 0 Å². The number of halogens is 1. The van der Waals surface area contributed by atoms with Gasteiger partial charge in [0.2, 0.25) is 0 Å². The second-order valence-corrected chi connectivity index (χ2v) is 8.91. The second-order valence-electron chi connectivity index (χ2n) is 7.96. The summed E-state index contributed by atoms with van der Waals surface area (Å²) in [5.74, 6) is 2.15. The van der Waals surface area contributed by atoms with Crippen LogP contribution in [0, 0.1) is 26.2 Å². The monoisotopic (exact) mass is 479 g/mol. The molecule has 0 fully saturated rings. The fourth-order valence-corrected chi connectivity index (χ4v) is 4.74. The van der Waals surface area contributed by atoms with Crippen molar-refractivity contribution in [1.82, 2.24) is 5.32 Å². The lowest BCUT2D eigenvalue weighted by molar-refractivity contribution is 0.142. The molecule has 174 valence electrons. The summed E-state index contributed by atoms with van der Waals surface area (Å²) in [7, 11) is -5.23. The molecule has 0 radical (unpaired) electrons. The molecule has 0 bridgehead atoms. The van der Waals surface area contributed by atoms with Gasteiger partial charge in [0.1, 0.15) is 12.4 Å². The van der Waals surface area contributed by atoms with Crippen molar-refractivity contribution in [3.8, 4) is 29.2 Å². The zero-order valence-corrected chi connectivity index (χ0v) is 19.4. The third-order valence-electron chi connectivity index (χ3n) is 6.01. The molecule has 0 unspecified atom stereocenters. The third kappa shape index (κ3) is 4.61. The first-order chi connectivity index (χ1) is 16.2. The molecular weight excluding hydrogens is 457 g/mol. The Bertz CT molecular complexity index is 1380. The van der Waals surface area contributed by atoms with Gasteiger partial charge in [-0.05, 0) is 53.3 Å². The van der Waals surface area contributed by atoms with E-state index >= 15 is 0 Å². The highest BCUT2D eigenvalue weighted by Gasteiger charge is 2.29. The van der Waals surface area contributed by atoms with Gasteiger partial charge in [0.15, 0.2) is 0 Å². The van der Waals surface area contributed by atoms with Gasteiger partial charge in [0.25, 0.3) is 0 Å². The number of hydrogen-bond acceptors (Lipinski definition) is 5. The van der Waals surface area contributed by atoms with Crippen molar-refractivity contribution < 1.29 is 26.0 Å². The van der Waals surface area contributed by atoms with E-state index in [1.165, 1.54) is 13.0 Å². The second kappa shape index (κ2) is 9.20. The van der Waals surface area contributed by atoms with Crippen molar-refractivity contribution in [1.29, 1.82) is 0 Å². The number of alkyl carbamates (subject to hydrolysis) is 1. The maximum atomic E-state index is 13.1. The first-order valence-corrected chi connectivity index (χ1v) is 11.8. The van der Waals surface area contributed by atoms with E-state index in [2.05, 4.69) is 27.6 Å². The Morgan fingerprint density at radius 1 is 1.06 bits per heavy atom. The predicted molar refractivity (Wildman–Crippen MR) is 126 cm³/mol. The number of rotatable bonds is 6. The van der Waals surface area contributed by atoms with E-state index in [-0.39, 0.29) is 24.8 Å². The van der Waals surface area contributed by atoms with Crippen LogP contribution in [0.3, 0.4) is 0 Å². The van der Waals surface area contributed by atoms with Gasteiger partial charge < -0.3 is 14.2 Å². The summed E-state index contributed by atoms with van der Waals surface area (Å²) < 4.78 is 45.0. The quantitative estimate of drug-likeness (QED) is 0.401. The molecule has 0 atom stereocenters. The Kier molecular flexibility index (Phi) is 6.31. The van der Waals surface area contributed by atoms with E-state index in [0.717, 1.165) is 22.3 Å². The summed E-state index contributed by atoms with van der Waals surface area (Å²) in [4.78, 5) is 12.5. The van der Waals surface area contributed by atoms with Gasteiger partial charge in [0.05, 0.1) is 0 Å². The standard InChI is InChI=1S/C26H22FNO5S/c1-4-19-16(2)18(13-25(17(19)3)33-34(27,30)31)14-28-26(29)32-15-24-22-11-7-5-9-20(22)21-10-6-8-12-23(21)24/h1,5-13,24H,14-15H2,2-3H3,(H,28,29). The van der Waals surface area contributed by atoms with Crippen LogP contribution < -0.4 is 9.50 Å². The number of carbonyl (C=O) groups is 1. The number of benzene rings is 3. The number of amides is 1. The largest absolute Gasteiger partial charge is 0.488 e. The van der Waals surface area contributed by atoms with Crippen LogP contribution in [0.1, 0.15) is 39.3 Å². The van der Waals surface area contributed by atoms with Gasteiger partial charge in [-0.1, -0.05) is 58.3 Å². The number of fused-ring (bicyclic) bond motifs is 3. The van der Waals surface area contributed by atoms with E-state index in [0.29, 0.717) is 22.3 Å². The Morgan fingerprint density at radius 2 is 1.65 bits per heavy atom. The van der Waals surface area contributed by atoms with Crippen LogP contribution in [0.2, 0.25) is 0 Å². The molecular formula is C26H22FNO5S. The molecule has 1 amide bonds. The molecule has 0 heterocycles. The van der Waals surface area contributed by atoms with Crippen molar-refractivity contribution in [2.75, 3.05) is 6.61 Å². The minimum atomic E-state index is -5.23. The normalized spacial score (nSPS) is 12.4. The SMILES string of the molecule is C#Cc1c(C)c(CNC(=O)OCC2c3ccccc3-c3ccccc32)cc(OS(=O)(=O)F)c1C. The number of hydrogen-bond donors (Lipinski definition) is 1. The Balaban J connectivity index is 1.47. The van der Waals surface area contributed by atoms with Crippen LogP contribution in [-0.2, 0) is 21.8 Å². The summed E-state index contributed by atoms with van der Waals surface area (Å²) >= 11 is 0. The number of ether oxygens (including phenoxy) is 1. The summed E-state index contributed by atoms with van der Waals surface area (Å²) in [5, 5.41) is 2.64. The summed E-state index contributed by atoms with van der Waals surface area (Å²) in [6, 6.07) is 17.4. The van der Waals surface area contributed by atoms with Crippen LogP contribution >= 0.6 is 0 Å². The first kappa shape index (κ1) is 23.3. The molecule has 0 saturated heterocycles. The van der Waals surface area contributed by atoms with Gasteiger partial charge in [-0.25, -0.2) is 4.79 Å². The highest BCUT2D eigenvalue weighted by Crippen LogP contribution is 2.44. The van der Waals surface area contributed by atoms with Crippen LogP contribution in [-0.4, -0.2) is 21.1 Å². The number of terminal acetylenes is 1. The minimum absolute atomic E-state index is 0.0137. The van der Waals surface area contributed by atoms with Gasteiger partial charge >= 0.3 is 16.6 Å². The lowest BCUT2D eigenvalue weighted by Crippen LogP contribution is -2.26. The zero-order valence-electron chi connectivity index (χ0n) is 18.6. The lowest BCUT2D eigenvalue weighted by atomic mass is 9.97. The number of nitrogens with one attached hydrogen (secondary N) is 1. The molecule has 0 spiro atoms. The lowest BCUT2D eigenvalue weighted by Gasteiger charge is -2.16. The van der Waals surface area contributed by atoms with Crippen molar-refractivity contribution in [3.63, 3.8) is 0 Å². The maximum Gasteiger partial charge on any atom is 0.488 e. The summed E-state index contributed by atoms with van der Waals surface area (Å²) in [6.07, 6.45) is 4.90. The van der Waals surface area contributed by atoms with Gasteiger partial charge in [0, 0.05) is 23.6 Å². The molecule has 6 nitrogen and oxygen atoms in total. The molecule has 3 aromatic rings. The first-order valence-electron chi connectivity index (χ1n) is 10.5. The molecule has 0 aliphatic heterocycles. The smallest absolute Gasteiger partial charge is 0.449 e. The molecule has 4 rings (SSSR count). The van der Waals surface area contributed by atoms with E-state index in [4.69, 9.17) is 11.2 Å². The van der Waals surface area contributed by atoms with Crippen molar-refractivity contribution in [3.05, 3.63) is 88.0 Å². The molecule has 34 heavy (non-hydrogen) atoms. The van der Waals surface area contributed by atoms with Crippen LogP contribution in [0.25, 0.3) is 11.1 Å². The molecule has 1 aliphatic carbocycles. The van der Waals surface area contributed by atoms with E-state index in [1.807, 2.05) is 36.4 Å². The Morgan fingerprint density at radius 3 is 2.21 bits per heavy atom. The Labute approximate surface area is 198 Å². The summed E-state index contributed by atoms with van der Waals surface area (Å²) in [6.45, 7) is 3.40. The molecule has 3 aromatic carbocycles. The topological polar surface area (TPSA) is 81.7 Å². The van der Waals surface area contributed by atoms with Crippen LogP contribution in [0.4, 0.5) is 8.68 Å². The third-order valence-corrected chi connectivity index (χ3v) is 6.39. The highest BCUT2D eigenvalue weighted by atomic mass is 32.3. The Hall–Kier alpha value is -3.83. The highest BCUT2D eigenvalue weighted by molar-refractivity contribution is 7.81. The van der Waals surface area contributed by atoms with Crippen LogP contribution in [0.15, 0.2) is 54.6 Å². The summed E-state index contributed by atoms with van der Waals surface area (Å²) in [5.41, 5.74) is 6.24.